The van der Waals surface area contributed by atoms with E-state index in [0.717, 1.165) is 12.2 Å². The predicted molar refractivity (Wildman–Crippen MR) is 76.4 cm³/mol. The van der Waals surface area contributed by atoms with Gasteiger partial charge < -0.3 is 10.1 Å². The first kappa shape index (κ1) is 14.2. The average Bonchev–Trinajstić information content (AvgIpc) is 2.89. The highest BCUT2D eigenvalue weighted by Gasteiger charge is 2.11. The first-order valence-electron chi connectivity index (χ1n) is 6.82. The summed E-state index contributed by atoms with van der Waals surface area (Å²) in [5.41, 5.74) is 0.994. The molecule has 0 spiro atoms. The van der Waals surface area contributed by atoms with Crippen LogP contribution in [0.1, 0.15) is 39.3 Å². The van der Waals surface area contributed by atoms with E-state index in [1.54, 1.807) is 4.68 Å². The number of nitrogens with one attached hydrogen (secondary N) is 1. The predicted octanol–water partition coefficient (Wildman–Crippen LogP) is 2.01. The molecule has 0 saturated heterocycles. The highest BCUT2D eigenvalue weighted by Crippen LogP contribution is 2.14. The molecule has 0 radical (unpaired) electrons. The first-order valence-corrected chi connectivity index (χ1v) is 6.82. The molecule has 0 aromatic carbocycles. The summed E-state index contributed by atoms with van der Waals surface area (Å²) in [6.45, 7) is 9.29. The molecule has 2 heterocycles. The zero-order valence-corrected chi connectivity index (χ0v) is 12.3. The van der Waals surface area contributed by atoms with E-state index < -0.39 is 0 Å². The van der Waals surface area contributed by atoms with Crippen molar-refractivity contribution in [2.24, 2.45) is 0 Å². The van der Waals surface area contributed by atoms with Crippen LogP contribution in [0, 0.1) is 0 Å². The van der Waals surface area contributed by atoms with Gasteiger partial charge in [-0.2, -0.15) is 20.1 Å². The molecule has 20 heavy (non-hydrogen) atoms. The molecule has 2 aromatic heterocycles. The van der Waals surface area contributed by atoms with Gasteiger partial charge in [-0.25, -0.2) is 4.68 Å². The van der Waals surface area contributed by atoms with Crippen LogP contribution in [0.2, 0.25) is 0 Å². The SMILES string of the molecule is CCNc1nc(OCC)nc(-n2ccc(C(C)C)n2)n1. The zero-order chi connectivity index (χ0) is 14.5. The molecule has 1 N–H and O–H groups in total. The lowest BCUT2D eigenvalue weighted by atomic mass is 10.1. The highest BCUT2D eigenvalue weighted by molar-refractivity contribution is 5.30. The maximum absolute atomic E-state index is 5.37. The van der Waals surface area contributed by atoms with E-state index in [1.807, 2.05) is 26.1 Å². The van der Waals surface area contributed by atoms with E-state index in [9.17, 15) is 0 Å². The molecule has 7 heteroatoms. The Kier molecular flexibility index (Phi) is 4.49. The van der Waals surface area contributed by atoms with Gasteiger partial charge in [-0.3, -0.25) is 0 Å². The molecule has 108 valence electrons. The van der Waals surface area contributed by atoms with E-state index >= 15 is 0 Å². The van der Waals surface area contributed by atoms with E-state index in [1.165, 1.54) is 0 Å². The number of hydrogen-bond acceptors (Lipinski definition) is 6. The van der Waals surface area contributed by atoms with E-state index in [0.29, 0.717) is 30.4 Å². The van der Waals surface area contributed by atoms with Crippen molar-refractivity contribution in [3.8, 4) is 12.0 Å². The Balaban J connectivity index is 2.37. The molecular weight excluding hydrogens is 256 g/mol. The van der Waals surface area contributed by atoms with E-state index in [-0.39, 0.29) is 0 Å². The second-order valence-electron chi connectivity index (χ2n) is 4.54. The second kappa shape index (κ2) is 6.31. The molecule has 0 bridgehead atoms. The lowest BCUT2D eigenvalue weighted by Gasteiger charge is -2.07. The van der Waals surface area contributed by atoms with Crippen LogP contribution in [0.3, 0.4) is 0 Å². The number of rotatable bonds is 6. The molecule has 0 atom stereocenters. The quantitative estimate of drug-likeness (QED) is 0.869. The largest absolute Gasteiger partial charge is 0.464 e. The third kappa shape index (κ3) is 3.23. The summed E-state index contributed by atoms with van der Waals surface area (Å²) in [6.07, 6.45) is 1.84. The first-order chi connectivity index (χ1) is 9.63. The summed E-state index contributed by atoms with van der Waals surface area (Å²) in [5, 5.41) is 7.53. The van der Waals surface area contributed by atoms with Gasteiger partial charge in [0.1, 0.15) is 0 Å². The number of ether oxygens (including phenoxy) is 1. The Labute approximate surface area is 118 Å². The van der Waals surface area contributed by atoms with Crippen LogP contribution in [0.25, 0.3) is 5.95 Å². The Hall–Kier alpha value is -2.18. The second-order valence-corrected chi connectivity index (χ2v) is 4.54. The minimum Gasteiger partial charge on any atom is -0.464 e. The van der Waals surface area contributed by atoms with Crippen molar-refractivity contribution in [2.75, 3.05) is 18.5 Å². The van der Waals surface area contributed by atoms with Crippen molar-refractivity contribution in [2.45, 2.75) is 33.6 Å². The van der Waals surface area contributed by atoms with Crippen LogP contribution in [-0.2, 0) is 0 Å². The molecule has 0 aliphatic carbocycles. The number of hydrogen-bond donors (Lipinski definition) is 1. The number of aromatic nitrogens is 5. The van der Waals surface area contributed by atoms with Crippen molar-refractivity contribution in [1.82, 2.24) is 24.7 Å². The van der Waals surface area contributed by atoms with E-state index in [2.05, 4.69) is 39.2 Å². The summed E-state index contributed by atoms with van der Waals surface area (Å²) in [4.78, 5) is 12.8. The lowest BCUT2D eigenvalue weighted by Crippen LogP contribution is -2.11. The van der Waals surface area contributed by atoms with Gasteiger partial charge in [0.05, 0.1) is 12.3 Å². The molecule has 0 amide bonds. The third-order valence-electron chi connectivity index (χ3n) is 2.62. The van der Waals surface area contributed by atoms with Gasteiger partial charge in [-0.1, -0.05) is 13.8 Å². The van der Waals surface area contributed by atoms with Crippen LogP contribution in [0.15, 0.2) is 12.3 Å². The third-order valence-corrected chi connectivity index (χ3v) is 2.62. The fourth-order valence-corrected chi connectivity index (χ4v) is 1.64. The summed E-state index contributed by atoms with van der Waals surface area (Å²) < 4.78 is 7.01. The summed E-state index contributed by atoms with van der Waals surface area (Å²) in [5.74, 6) is 1.30. The average molecular weight is 276 g/mol. The Morgan fingerprint density at radius 3 is 2.65 bits per heavy atom. The number of nitrogens with zero attached hydrogens (tertiary/aromatic N) is 5. The van der Waals surface area contributed by atoms with Gasteiger partial charge in [0.25, 0.3) is 5.95 Å². The van der Waals surface area contributed by atoms with Crippen molar-refractivity contribution in [1.29, 1.82) is 0 Å². The van der Waals surface area contributed by atoms with Crippen LogP contribution < -0.4 is 10.1 Å². The minimum atomic E-state index is 0.301. The topological polar surface area (TPSA) is 77.8 Å². The maximum atomic E-state index is 5.37. The smallest absolute Gasteiger partial charge is 0.323 e. The molecule has 0 aliphatic rings. The highest BCUT2D eigenvalue weighted by atomic mass is 16.5. The molecule has 0 aliphatic heterocycles. The Morgan fingerprint density at radius 2 is 2.05 bits per heavy atom. The fraction of sp³-hybridized carbons (Fsp3) is 0.538. The van der Waals surface area contributed by atoms with Crippen molar-refractivity contribution in [3.05, 3.63) is 18.0 Å². The van der Waals surface area contributed by atoms with Gasteiger partial charge in [0.2, 0.25) is 5.95 Å². The van der Waals surface area contributed by atoms with Crippen LogP contribution in [-0.4, -0.2) is 37.9 Å². The van der Waals surface area contributed by atoms with Crippen molar-refractivity contribution >= 4 is 5.95 Å². The van der Waals surface area contributed by atoms with Gasteiger partial charge in [0, 0.05) is 12.7 Å². The molecule has 2 rings (SSSR count). The Morgan fingerprint density at radius 1 is 1.25 bits per heavy atom. The molecule has 0 unspecified atom stereocenters. The molecule has 0 saturated carbocycles. The molecule has 2 aromatic rings. The van der Waals surface area contributed by atoms with Gasteiger partial charge in [-0.15, -0.1) is 0 Å². The van der Waals surface area contributed by atoms with Crippen LogP contribution in [0.4, 0.5) is 5.95 Å². The molecule has 0 fully saturated rings. The van der Waals surface area contributed by atoms with Crippen LogP contribution in [0.5, 0.6) is 6.01 Å². The van der Waals surface area contributed by atoms with Gasteiger partial charge in [-0.05, 0) is 25.8 Å². The van der Waals surface area contributed by atoms with Gasteiger partial charge >= 0.3 is 6.01 Å². The summed E-state index contributed by atoms with van der Waals surface area (Å²) in [6, 6.07) is 2.26. The standard InChI is InChI=1S/C13H20N6O/c1-5-14-11-15-12(17-13(16-11)20-6-2)19-8-7-10(18-19)9(3)4/h7-9H,5-6H2,1-4H3,(H,14,15,16,17). The molecular formula is C13H20N6O. The van der Waals surface area contributed by atoms with Crippen molar-refractivity contribution < 1.29 is 4.74 Å². The zero-order valence-electron chi connectivity index (χ0n) is 12.3. The number of anilines is 1. The fourth-order valence-electron chi connectivity index (χ4n) is 1.64. The monoisotopic (exact) mass is 276 g/mol. The summed E-state index contributed by atoms with van der Waals surface area (Å²) >= 11 is 0. The minimum absolute atomic E-state index is 0.301. The normalized spacial score (nSPS) is 10.8. The van der Waals surface area contributed by atoms with E-state index in [4.69, 9.17) is 4.74 Å². The van der Waals surface area contributed by atoms with Gasteiger partial charge in [0.15, 0.2) is 0 Å². The molecule has 7 nitrogen and oxygen atoms in total. The Bertz CT molecular complexity index is 541. The lowest BCUT2D eigenvalue weighted by molar-refractivity contribution is 0.311. The van der Waals surface area contributed by atoms with Crippen molar-refractivity contribution in [3.63, 3.8) is 0 Å². The summed E-state index contributed by atoms with van der Waals surface area (Å²) in [7, 11) is 0. The maximum Gasteiger partial charge on any atom is 0.323 e. The van der Waals surface area contributed by atoms with Crippen LogP contribution >= 0.6 is 0 Å².